The summed E-state index contributed by atoms with van der Waals surface area (Å²) in [5.74, 6) is -1.55. The van der Waals surface area contributed by atoms with Crippen molar-refractivity contribution in [2.45, 2.75) is 38.8 Å². The molecule has 1 aromatic carbocycles. The second-order valence-electron chi connectivity index (χ2n) is 5.53. The Labute approximate surface area is 117 Å². The Morgan fingerprint density at radius 2 is 2.20 bits per heavy atom. The number of aliphatic carboxylic acids is 1. The fourth-order valence-corrected chi connectivity index (χ4v) is 3.04. The lowest BCUT2D eigenvalue weighted by Crippen LogP contribution is -2.43. The van der Waals surface area contributed by atoms with Gasteiger partial charge in [-0.3, -0.25) is 9.69 Å². The van der Waals surface area contributed by atoms with Crippen molar-refractivity contribution < 1.29 is 19.4 Å². The number of likely N-dealkylation sites (tertiary alicyclic amines) is 1. The van der Waals surface area contributed by atoms with Gasteiger partial charge in [-0.15, -0.1) is 0 Å². The highest BCUT2D eigenvalue weighted by Gasteiger charge is 2.33. The summed E-state index contributed by atoms with van der Waals surface area (Å²) in [6.45, 7) is 4.60. The van der Waals surface area contributed by atoms with Gasteiger partial charge in [-0.05, 0) is 39.3 Å². The first-order valence-electron chi connectivity index (χ1n) is 6.87. The summed E-state index contributed by atoms with van der Waals surface area (Å²) in [7, 11) is 0. The van der Waals surface area contributed by atoms with Crippen molar-refractivity contribution in [2.75, 3.05) is 6.54 Å². The van der Waals surface area contributed by atoms with E-state index < -0.39 is 11.8 Å². The van der Waals surface area contributed by atoms with Crippen LogP contribution in [0.1, 0.15) is 38.3 Å². The van der Waals surface area contributed by atoms with Crippen LogP contribution in [0, 0.1) is 11.7 Å². The van der Waals surface area contributed by atoms with E-state index in [4.69, 9.17) is 5.11 Å². The molecule has 110 valence electrons. The van der Waals surface area contributed by atoms with E-state index in [9.17, 15) is 14.3 Å². The SMILES string of the molecule is CC1CC(C(=O)O)CCN1C(C)c1ccc(F)cc1O. The molecule has 0 spiro atoms. The van der Waals surface area contributed by atoms with Gasteiger partial charge in [0.15, 0.2) is 0 Å². The van der Waals surface area contributed by atoms with Gasteiger partial charge >= 0.3 is 5.97 Å². The molecule has 5 heteroatoms. The number of phenolic OH excluding ortho intramolecular Hbond substituents is 1. The summed E-state index contributed by atoms with van der Waals surface area (Å²) < 4.78 is 13.0. The van der Waals surface area contributed by atoms with Crippen LogP contribution in [0.25, 0.3) is 0 Å². The predicted octanol–water partition coefficient (Wildman–Crippen LogP) is 2.78. The molecule has 0 bridgehead atoms. The highest BCUT2D eigenvalue weighted by Crippen LogP contribution is 2.34. The lowest BCUT2D eigenvalue weighted by molar-refractivity contribution is -0.144. The predicted molar refractivity (Wildman–Crippen MR) is 73.0 cm³/mol. The van der Waals surface area contributed by atoms with Gasteiger partial charge in [-0.1, -0.05) is 6.07 Å². The molecule has 1 saturated heterocycles. The third kappa shape index (κ3) is 2.93. The van der Waals surface area contributed by atoms with Crippen LogP contribution in [0.15, 0.2) is 18.2 Å². The van der Waals surface area contributed by atoms with Gasteiger partial charge in [0.1, 0.15) is 11.6 Å². The minimum absolute atomic E-state index is 0.0509. The van der Waals surface area contributed by atoms with Crippen molar-refractivity contribution in [1.29, 1.82) is 0 Å². The van der Waals surface area contributed by atoms with E-state index in [0.29, 0.717) is 24.9 Å². The molecule has 1 aliphatic heterocycles. The third-order valence-corrected chi connectivity index (χ3v) is 4.22. The minimum atomic E-state index is -0.742. The second-order valence-corrected chi connectivity index (χ2v) is 5.53. The maximum Gasteiger partial charge on any atom is 0.306 e. The average molecular weight is 281 g/mol. The van der Waals surface area contributed by atoms with Crippen LogP contribution in [-0.4, -0.2) is 33.7 Å². The first-order chi connectivity index (χ1) is 9.40. The van der Waals surface area contributed by atoms with E-state index in [1.165, 1.54) is 6.07 Å². The Balaban J connectivity index is 2.13. The van der Waals surface area contributed by atoms with Crippen LogP contribution < -0.4 is 0 Å². The molecule has 3 unspecified atom stereocenters. The van der Waals surface area contributed by atoms with Crippen molar-refractivity contribution in [3.05, 3.63) is 29.6 Å². The number of carboxylic acids is 1. The van der Waals surface area contributed by atoms with E-state index in [-0.39, 0.29) is 23.8 Å². The van der Waals surface area contributed by atoms with E-state index in [0.717, 1.165) is 6.07 Å². The molecule has 1 aliphatic rings. The zero-order valence-corrected chi connectivity index (χ0v) is 11.7. The monoisotopic (exact) mass is 281 g/mol. The molecule has 0 saturated carbocycles. The van der Waals surface area contributed by atoms with Crippen LogP contribution in [-0.2, 0) is 4.79 Å². The highest BCUT2D eigenvalue weighted by atomic mass is 19.1. The number of halogens is 1. The van der Waals surface area contributed by atoms with Gasteiger partial charge in [0, 0.05) is 23.7 Å². The molecule has 20 heavy (non-hydrogen) atoms. The average Bonchev–Trinajstić information content (AvgIpc) is 2.37. The van der Waals surface area contributed by atoms with Gasteiger partial charge < -0.3 is 10.2 Å². The second kappa shape index (κ2) is 5.79. The molecule has 0 radical (unpaired) electrons. The number of benzene rings is 1. The number of rotatable bonds is 3. The Hall–Kier alpha value is -1.62. The molecule has 2 N–H and O–H groups in total. The molecule has 2 rings (SSSR count). The van der Waals surface area contributed by atoms with Gasteiger partial charge in [-0.2, -0.15) is 0 Å². The summed E-state index contributed by atoms with van der Waals surface area (Å²) in [6.07, 6.45) is 1.20. The molecular weight excluding hydrogens is 261 g/mol. The van der Waals surface area contributed by atoms with Crippen LogP contribution in [0.3, 0.4) is 0 Å². The number of piperidine rings is 1. The summed E-state index contributed by atoms with van der Waals surface area (Å²) in [4.78, 5) is 13.2. The Morgan fingerprint density at radius 3 is 2.75 bits per heavy atom. The number of carbonyl (C=O) groups is 1. The quantitative estimate of drug-likeness (QED) is 0.894. The van der Waals surface area contributed by atoms with E-state index >= 15 is 0 Å². The van der Waals surface area contributed by atoms with Gasteiger partial charge in [-0.25, -0.2) is 4.39 Å². The van der Waals surface area contributed by atoms with E-state index in [1.807, 2.05) is 13.8 Å². The van der Waals surface area contributed by atoms with Gasteiger partial charge in [0.25, 0.3) is 0 Å². The zero-order valence-electron chi connectivity index (χ0n) is 11.7. The smallest absolute Gasteiger partial charge is 0.306 e. The molecular formula is C15H20FNO3. The highest BCUT2D eigenvalue weighted by molar-refractivity contribution is 5.70. The fourth-order valence-electron chi connectivity index (χ4n) is 3.04. The van der Waals surface area contributed by atoms with Crippen LogP contribution in [0.4, 0.5) is 4.39 Å². The van der Waals surface area contributed by atoms with Gasteiger partial charge in [0.05, 0.1) is 5.92 Å². The molecule has 0 amide bonds. The number of hydrogen-bond acceptors (Lipinski definition) is 3. The number of carboxylic acid groups (broad SMARTS) is 1. The first kappa shape index (κ1) is 14.8. The zero-order chi connectivity index (χ0) is 14.9. The maximum atomic E-state index is 13.0. The number of hydrogen-bond donors (Lipinski definition) is 2. The van der Waals surface area contributed by atoms with Crippen molar-refractivity contribution in [3.63, 3.8) is 0 Å². The summed E-state index contributed by atoms with van der Waals surface area (Å²) in [5, 5.41) is 18.9. The largest absolute Gasteiger partial charge is 0.508 e. The van der Waals surface area contributed by atoms with Crippen LogP contribution in [0.2, 0.25) is 0 Å². The third-order valence-electron chi connectivity index (χ3n) is 4.22. The van der Waals surface area contributed by atoms with Crippen molar-refractivity contribution >= 4 is 5.97 Å². The summed E-state index contributed by atoms with van der Waals surface area (Å²) in [5.41, 5.74) is 0.673. The maximum absolute atomic E-state index is 13.0. The van der Waals surface area contributed by atoms with Gasteiger partial charge in [0.2, 0.25) is 0 Å². The van der Waals surface area contributed by atoms with Crippen LogP contribution in [0.5, 0.6) is 5.75 Å². The lowest BCUT2D eigenvalue weighted by Gasteiger charge is -2.40. The lowest BCUT2D eigenvalue weighted by atomic mass is 9.89. The normalized spacial score (nSPS) is 25.4. The molecule has 4 nitrogen and oxygen atoms in total. The number of aromatic hydroxyl groups is 1. The molecule has 1 fully saturated rings. The number of nitrogens with zero attached hydrogens (tertiary/aromatic N) is 1. The molecule has 3 atom stereocenters. The van der Waals surface area contributed by atoms with E-state index in [1.54, 1.807) is 6.07 Å². The summed E-state index contributed by atoms with van der Waals surface area (Å²) in [6, 6.07) is 4.08. The first-order valence-corrected chi connectivity index (χ1v) is 6.87. The van der Waals surface area contributed by atoms with Crippen molar-refractivity contribution in [1.82, 2.24) is 4.90 Å². The fraction of sp³-hybridized carbons (Fsp3) is 0.533. The minimum Gasteiger partial charge on any atom is -0.508 e. The van der Waals surface area contributed by atoms with Crippen molar-refractivity contribution in [2.24, 2.45) is 5.92 Å². The van der Waals surface area contributed by atoms with Crippen LogP contribution >= 0.6 is 0 Å². The summed E-state index contributed by atoms with van der Waals surface area (Å²) >= 11 is 0. The van der Waals surface area contributed by atoms with Crippen molar-refractivity contribution in [3.8, 4) is 5.75 Å². The standard InChI is InChI=1S/C15H20FNO3/c1-9-7-11(15(19)20)5-6-17(9)10(2)13-4-3-12(16)8-14(13)18/h3-4,8-11,18H,5-7H2,1-2H3,(H,19,20). The Morgan fingerprint density at radius 1 is 1.50 bits per heavy atom. The van der Waals surface area contributed by atoms with E-state index in [2.05, 4.69) is 4.90 Å². The molecule has 0 aromatic heterocycles. The Kier molecular flexibility index (Phi) is 4.28. The molecule has 0 aliphatic carbocycles. The molecule has 1 heterocycles. The topological polar surface area (TPSA) is 60.8 Å². The number of phenols is 1. The Bertz CT molecular complexity index is 506. The molecule has 1 aromatic rings.